The fourth-order valence-electron chi connectivity index (χ4n) is 1.94. The monoisotopic (exact) mass is 285 g/mol. The maximum absolute atomic E-state index is 12.2. The molecule has 2 rings (SSSR count). The summed E-state index contributed by atoms with van der Waals surface area (Å²) in [4.78, 5) is 14.2. The molecule has 5 heteroatoms. The molecule has 0 saturated heterocycles. The number of carbonyl (C=O) groups excluding carboxylic acids is 1. The number of alkyl halides is 1. The van der Waals surface area contributed by atoms with E-state index in [1.165, 1.54) is 6.42 Å². The van der Waals surface area contributed by atoms with Crippen molar-refractivity contribution >= 4 is 21.8 Å². The van der Waals surface area contributed by atoms with Crippen molar-refractivity contribution in [1.29, 1.82) is 0 Å². The molecule has 1 fully saturated rings. The average molecular weight is 286 g/mol. The third-order valence-electron chi connectivity index (χ3n) is 3.05. The average Bonchev–Trinajstić information content (AvgIpc) is 2.60. The molecule has 1 saturated carbocycles. The van der Waals surface area contributed by atoms with Crippen molar-refractivity contribution in [1.82, 2.24) is 14.7 Å². The van der Waals surface area contributed by atoms with E-state index in [1.54, 1.807) is 17.1 Å². The SMILES string of the molecule is Cn1cc(C(=O)N(CCBr)C2CCC2)cn1. The van der Waals surface area contributed by atoms with E-state index in [2.05, 4.69) is 21.0 Å². The van der Waals surface area contributed by atoms with Crippen LogP contribution in [0.1, 0.15) is 29.6 Å². The van der Waals surface area contributed by atoms with Crippen LogP contribution in [0.5, 0.6) is 0 Å². The zero-order valence-electron chi connectivity index (χ0n) is 9.40. The molecule has 1 aromatic rings. The smallest absolute Gasteiger partial charge is 0.257 e. The summed E-state index contributed by atoms with van der Waals surface area (Å²) in [5.74, 6) is 0.109. The maximum atomic E-state index is 12.2. The first-order valence-corrected chi connectivity index (χ1v) is 6.70. The van der Waals surface area contributed by atoms with Crippen molar-refractivity contribution in [3.05, 3.63) is 18.0 Å². The van der Waals surface area contributed by atoms with E-state index in [9.17, 15) is 4.79 Å². The van der Waals surface area contributed by atoms with Crippen LogP contribution < -0.4 is 0 Å². The summed E-state index contributed by atoms with van der Waals surface area (Å²) in [5.41, 5.74) is 0.690. The van der Waals surface area contributed by atoms with E-state index < -0.39 is 0 Å². The zero-order chi connectivity index (χ0) is 11.5. The molecule has 0 bridgehead atoms. The summed E-state index contributed by atoms with van der Waals surface area (Å²) >= 11 is 3.40. The second-order valence-electron chi connectivity index (χ2n) is 4.17. The molecule has 1 aliphatic carbocycles. The fraction of sp³-hybridized carbons (Fsp3) is 0.636. The van der Waals surface area contributed by atoms with Crippen LogP contribution in [0.25, 0.3) is 0 Å². The van der Waals surface area contributed by atoms with Gasteiger partial charge >= 0.3 is 0 Å². The Morgan fingerprint density at radius 2 is 2.44 bits per heavy atom. The Hall–Kier alpha value is -0.840. The van der Waals surface area contributed by atoms with Crippen LogP contribution in [0, 0.1) is 0 Å². The highest BCUT2D eigenvalue weighted by atomic mass is 79.9. The normalized spacial score (nSPS) is 15.9. The zero-order valence-corrected chi connectivity index (χ0v) is 11.0. The Bertz CT molecular complexity index is 373. The molecular weight excluding hydrogens is 270 g/mol. The molecule has 0 atom stereocenters. The van der Waals surface area contributed by atoms with E-state index in [4.69, 9.17) is 0 Å². The first kappa shape index (κ1) is 11.6. The van der Waals surface area contributed by atoms with Crippen molar-refractivity contribution in [3.8, 4) is 0 Å². The quantitative estimate of drug-likeness (QED) is 0.792. The van der Waals surface area contributed by atoms with Crippen molar-refractivity contribution in [3.63, 3.8) is 0 Å². The number of nitrogens with zero attached hydrogens (tertiary/aromatic N) is 3. The number of aryl methyl sites for hydroxylation is 1. The summed E-state index contributed by atoms with van der Waals surface area (Å²) in [7, 11) is 1.83. The van der Waals surface area contributed by atoms with Gasteiger partial charge in [-0.25, -0.2) is 0 Å². The van der Waals surface area contributed by atoms with Gasteiger partial charge in [-0.15, -0.1) is 0 Å². The van der Waals surface area contributed by atoms with Crippen LogP contribution in [0.15, 0.2) is 12.4 Å². The van der Waals surface area contributed by atoms with Gasteiger partial charge in [0.25, 0.3) is 5.91 Å². The molecule has 0 N–H and O–H groups in total. The largest absolute Gasteiger partial charge is 0.335 e. The number of carbonyl (C=O) groups is 1. The van der Waals surface area contributed by atoms with E-state index in [0.717, 1.165) is 24.7 Å². The Labute approximate surface area is 104 Å². The van der Waals surface area contributed by atoms with Crippen molar-refractivity contribution in [2.45, 2.75) is 25.3 Å². The minimum absolute atomic E-state index is 0.109. The van der Waals surface area contributed by atoms with E-state index >= 15 is 0 Å². The maximum Gasteiger partial charge on any atom is 0.257 e. The first-order valence-electron chi connectivity index (χ1n) is 5.58. The molecule has 1 aliphatic rings. The van der Waals surface area contributed by atoms with Gasteiger partial charge in [0.2, 0.25) is 0 Å². The van der Waals surface area contributed by atoms with Crippen LogP contribution in [-0.2, 0) is 7.05 Å². The minimum Gasteiger partial charge on any atom is -0.335 e. The van der Waals surface area contributed by atoms with Crippen LogP contribution in [0.4, 0.5) is 0 Å². The molecule has 0 aromatic carbocycles. The predicted molar refractivity (Wildman–Crippen MR) is 65.7 cm³/mol. The Morgan fingerprint density at radius 1 is 1.69 bits per heavy atom. The van der Waals surface area contributed by atoms with Gasteiger partial charge in [0.1, 0.15) is 0 Å². The van der Waals surface area contributed by atoms with Crippen molar-refractivity contribution in [2.24, 2.45) is 7.05 Å². The van der Waals surface area contributed by atoms with Gasteiger partial charge in [0.15, 0.2) is 0 Å². The number of hydrogen-bond acceptors (Lipinski definition) is 2. The lowest BCUT2D eigenvalue weighted by atomic mass is 9.91. The molecule has 1 aromatic heterocycles. The number of rotatable bonds is 4. The highest BCUT2D eigenvalue weighted by Gasteiger charge is 2.29. The summed E-state index contributed by atoms with van der Waals surface area (Å²) in [6.45, 7) is 0.776. The van der Waals surface area contributed by atoms with Gasteiger partial charge in [-0.2, -0.15) is 5.10 Å². The number of aromatic nitrogens is 2. The van der Waals surface area contributed by atoms with Gasteiger partial charge < -0.3 is 4.90 Å². The summed E-state index contributed by atoms with van der Waals surface area (Å²) in [6.07, 6.45) is 6.94. The molecular formula is C11H16BrN3O. The summed E-state index contributed by atoms with van der Waals surface area (Å²) < 4.78 is 1.67. The lowest BCUT2D eigenvalue weighted by Gasteiger charge is -2.37. The Kier molecular flexibility index (Phi) is 3.63. The molecule has 1 heterocycles. The number of amides is 1. The Morgan fingerprint density at radius 3 is 2.88 bits per heavy atom. The van der Waals surface area contributed by atoms with Gasteiger partial charge in [-0.3, -0.25) is 9.48 Å². The number of halogens is 1. The fourth-order valence-corrected chi connectivity index (χ4v) is 2.32. The topological polar surface area (TPSA) is 38.1 Å². The van der Waals surface area contributed by atoms with Crippen LogP contribution in [0.2, 0.25) is 0 Å². The molecule has 0 radical (unpaired) electrons. The second-order valence-corrected chi connectivity index (χ2v) is 4.97. The highest BCUT2D eigenvalue weighted by Crippen LogP contribution is 2.26. The molecule has 16 heavy (non-hydrogen) atoms. The summed E-state index contributed by atoms with van der Waals surface area (Å²) in [5, 5.41) is 4.87. The van der Waals surface area contributed by atoms with E-state index in [1.807, 2.05) is 11.9 Å². The van der Waals surface area contributed by atoms with Gasteiger partial charge in [-0.1, -0.05) is 15.9 Å². The number of hydrogen-bond donors (Lipinski definition) is 0. The lowest BCUT2D eigenvalue weighted by Crippen LogP contribution is -2.45. The van der Waals surface area contributed by atoms with Gasteiger partial charge in [0.05, 0.1) is 11.8 Å². The van der Waals surface area contributed by atoms with Crippen molar-refractivity contribution in [2.75, 3.05) is 11.9 Å². The van der Waals surface area contributed by atoms with Crippen molar-refractivity contribution < 1.29 is 4.79 Å². The highest BCUT2D eigenvalue weighted by molar-refractivity contribution is 9.09. The predicted octanol–water partition coefficient (Wildman–Crippen LogP) is 1.81. The minimum atomic E-state index is 0.109. The molecule has 88 valence electrons. The van der Waals surface area contributed by atoms with Crippen LogP contribution >= 0.6 is 15.9 Å². The van der Waals surface area contributed by atoms with Crippen LogP contribution in [-0.4, -0.2) is 38.5 Å². The third kappa shape index (κ3) is 2.29. The molecule has 1 amide bonds. The molecule has 0 unspecified atom stereocenters. The van der Waals surface area contributed by atoms with E-state index in [-0.39, 0.29) is 5.91 Å². The van der Waals surface area contributed by atoms with Gasteiger partial charge in [0, 0.05) is 31.2 Å². The molecule has 0 spiro atoms. The Balaban J connectivity index is 2.09. The standard InChI is InChI=1S/C11H16BrN3O/c1-14-8-9(7-13-14)11(16)15(6-5-12)10-3-2-4-10/h7-8,10H,2-6H2,1H3. The third-order valence-corrected chi connectivity index (χ3v) is 3.41. The van der Waals surface area contributed by atoms with Crippen LogP contribution in [0.3, 0.4) is 0 Å². The molecule has 0 aliphatic heterocycles. The molecule has 4 nitrogen and oxygen atoms in total. The second kappa shape index (κ2) is 4.99. The summed E-state index contributed by atoms with van der Waals surface area (Å²) in [6, 6.07) is 0.435. The van der Waals surface area contributed by atoms with Gasteiger partial charge in [-0.05, 0) is 19.3 Å². The first-order chi connectivity index (χ1) is 7.72. The lowest BCUT2D eigenvalue weighted by molar-refractivity contribution is 0.0599. The van der Waals surface area contributed by atoms with E-state index in [0.29, 0.717) is 11.6 Å².